The SMILES string of the molecule is CCCn1nccc1NC(=O)CCc1nc2cc(S(=O)(=O)N3CCOCC3)ccc2n1CCC. The van der Waals surface area contributed by atoms with Gasteiger partial charge >= 0.3 is 0 Å². The van der Waals surface area contributed by atoms with Crippen LogP contribution in [-0.2, 0) is 39.1 Å². The number of nitrogens with zero attached hydrogens (tertiary/aromatic N) is 5. The lowest BCUT2D eigenvalue weighted by Gasteiger charge is -2.26. The van der Waals surface area contributed by atoms with Gasteiger partial charge in [0, 0.05) is 45.1 Å². The molecule has 1 N–H and O–H groups in total. The number of ether oxygens (including phenoxy) is 1. The van der Waals surface area contributed by atoms with Crippen molar-refractivity contribution in [1.82, 2.24) is 23.6 Å². The Labute approximate surface area is 200 Å². The van der Waals surface area contributed by atoms with Crippen LogP contribution in [0.5, 0.6) is 0 Å². The molecule has 1 aliphatic heterocycles. The van der Waals surface area contributed by atoms with Crippen LogP contribution in [-0.4, -0.2) is 64.3 Å². The summed E-state index contributed by atoms with van der Waals surface area (Å²) < 4.78 is 36.7. The average molecular weight is 489 g/mol. The van der Waals surface area contributed by atoms with E-state index in [4.69, 9.17) is 9.72 Å². The van der Waals surface area contributed by atoms with Crippen LogP contribution in [0.4, 0.5) is 5.82 Å². The van der Waals surface area contributed by atoms with Crippen LogP contribution in [0.3, 0.4) is 0 Å². The highest BCUT2D eigenvalue weighted by atomic mass is 32.2. The number of morpholine rings is 1. The molecule has 1 aromatic carbocycles. The number of hydrogen-bond donors (Lipinski definition) is 1. The Balaban J connectivity index is 1.53. The number of carbonyl (C=O) groups excluding carboxylic acids is 1. The van der Waals surface area contributed by atoms with Gasteiger partial charge in [-0.15, -0.1) is 0 Å². The van der Waals surface area contributed by atoms with E-state index in [0.717, 1.165) is 37.3 Å². The molecule has 11 heteroatoms. The van der Waals surface area contributed by atoms with Gasteiger partial charge in [0.15, 0.2) is 0 Å². The molecule has 4 rings (SSSR count). The molecular formula is C23H32N6O4S. The van der Waals surface area contributed by atoms with Gasteiger partial charge in [0.05, 0.1) is 35.3 Å². The molecule has 1 saturated heterocycles. The van der Waals surface area contributed by atoms with E-state index in [1.54, 1.807) is 29.1 Å². The number of hydrogen-bond acceptors (Lipinski definition) is 6. The Hall–Kier alpha value is -2.76. The van der Waals surface area contributed by atoms with Gasteiger partial charge in [-0.25, -0.2) is 18.1 Å². The summed E-state index contributed by atoms with van der Waals surface area (Å²) in [5.74, 6) is 1.35. The lowest BCUT2D eigenvalue weighted by Crippen LogP contribution is -2.40. The highest BCUT2D eigenvalue weighted by Gasteiger charge is 2.27. The zero-order valence-electron chi connectivity index (χ0n) is 19.7. The summed E-state index contributed by atoms with van der Waals surface area (Å²) in [7, 11) is -3.60. The number of fused-ring (bicyclic) bond motifs is 1. The third-order valence-electron chi connectivity index (χ3n) is 5.85. The third kappa shape index (κ3) is 5.16. The molecule has 3 aromatic rings. The predicted octanol–water partition coefficient (Wildman–Crippen LogP) is 2.65. The number of imidazole rings is 1. The first-order chi connectivity index (χ1) is 16.4. The number of amides is 1. The van der Waals surface area contributed by atoms with E-state index in [2.05, 4.69) is 28.8 Å². The van der Waals surface area contributed by atoms with E-state index in [9.17, 15) is 13.2 Å². The lowest BCUT2D eigenvalue weighted by atomic mass is 10.2. The first-order valence-electron chi connectivity index (χ1n) is 11.8. The van der Waals surface area contributed by atoms with Crippen LogP contribution in [0.25, 0.3) is 11.0 Å². The van der Waals surface area contributed by atoms with Gasteiger partial charge in [0.25, 0.3) is 0 Å². The highest BCUT2D eigenvalue weighted by molar-refractivity contribution is 7.89. The summed E-state index contributed by atoms with van der Waals surface area (Å²) in [6.07, 6.45) is 4.22. The quantitative estimate of drug-likeness (QED) is 0.470. The number of anilines is 1. The Bertz CT molecular complexity index is 1240. The minimum Gasteiger partial charge on any atom is -0.379 e. The average Bonchev–Trinajstić information content (AvgIpc) is 3.42. The Morgan fingerprint density at radius 1 is 1.12 bits per heavy atom. The second-order valence-electron chi connectivity index (χ2n) is 8.33. The van der Waals surface area contributed by atoms with E-state index >= 15 is 0 Å². The molecule has 1 amide bonds. The molecule has 0 aliphatic carbocycles. The van der Waals surface area contributed by atoms with Gasteiger partial charge in [-0.2, -0.15) is 9.40 Å². The maximum atomic E-state index is 13.1. The summed E-state index contributed by atoms with van der Waals surface area (Å²) >= 11 is 0. The van der Waals surface area contributed by atoms with E-state index in [1.165, 1.54) is 4.31 Å². The lowest BCUT2D eigenvalue weighted by molar-refractivity contribution is -0.116. The summed E-state index contributed by atoms with van der Waals surface area (Å²) in [4.78, 5) is 17.6. The van der Waals surface area contributed by atoms with Crippen LogP contribution >= 0.6 is 0 Å². The number of benzene rings is 1. The number of carbonyl (C=O) groups is 1. The molecule has 1 aliphatic rings. The predicted molar refractivity (Wildman–Crippen MR) is 129 cm³/mol. The fourth-order valence-corrected chi connectivity index (χ4v) is 5.61. The molecule has 0 radical (unpaired) electrons. The van der Waals surface area contributed by atoms with Crippen LogP contribution in [0.1, 0.15) is 38.9 Å². The number of nitrogens with one attached hydrogen (secondary N) is 1. The standard InChI is InChI=1S/C23H32N6O4S/c1-3-11-28-20-6-5-18(34(31,32)27-13-15-33-16-14-27)17-19(20)25-21(28)7-8-23(30)26-22-9-10-24-29(22)12-4-2/h5-6,9-10,17H,3-4,7-8,11-16H2,1-2H3,(H,26,30). The monoisotopic (exact) mass is 488 g/mol. The van der Waals surface area contributed by atoms with Gasteiger partial charge < -0.3 is 14.6 Å². The minimum absolute atomic E-state index is 0.108. The van der Waals surface area contributed by atoms with Gasteiger partial charge in [-0.05, 0) is 31.0 Å². The third-order valence-corrected chi connectivity index (χ3v) is 7.74. The second kappa shape index (κ2) is 10.7. The van der Waals surface area contributed by atoms with Crippen molar-refractivity contribution >= 4 is 32.8 Å². The van der Waals surface area contributed by atoms with Crippen molar-refractivity contribution < 1.29 is 17.9 Å². The summed E-state index contributed by atoms with van der Waals surface area (Å²) in [6, 6.07) is 6.89. The van der Waals surface area contributed by atoms with E-state index in [-0.39, 0.29) is 17.2 Å². The summed E-state index contributed by atoms with van der Waals surface area (Å²) in [5.41, 5.74) is 1.50. The maximum Gasteiger partial charge on any atom is 0.243 e. The summed E-state index contributed by atoms with van der Waals surface area (Å²) in [5, 5.41) is 7.16. The van der Waals surface area contributed by atoms with Gasteiger partial charge in [-0.1, -0.05) is 13.8 Å². The fourth-order valence-electron chi connectivity index (χ4n) is 4.18. The number of aryl methyl sites for hydroxylation is 3. The van der Waals surface area contributed by atoms with Gasteiger partial charge in [0.1, 0.15) is 11.6 Å². The normalized spacial score (nSPS) is 15.1. The van der Waals surface area contributed by atoms with Crippen LogP contribution in [0, 0.1) is 0 Å². The number of sulfonamides is 1. The topological polar surface area (TPSA) is 111 Å². The van der Waals surface area contributed by atoms with Crippen LogP contribution < -0.4 is 5.32 Å². The second-order valence-corrected chi connectivity index (χ2v) is 10.3. The molecule has 2 aromatic heterocycles. The van der Waals surface area contributed by atoms with Crippen LogP contribution in [0.15, 0.2) is 35.4 Å². The number of rotatable bonds is 10. The molecule has 0 saturated carbocycles. The van der Waals surface area contributed by atoms with E-state index in [1.807, 2.05) is 6.07 Å². The zero-order chi connectivity index (χ0) is 24.1. The molecule has 0 bridgehead atoms. The Morgan fingerprint density at radius 2 is 1.88 bits per heavy atom. The van der Waals surface area contributed by atoms with Crippen molar-refractivity contribution in [2.24, 2.45) is 0 Å². The Kier molecular flexibility index (Phi) is 7.64. The molecule has 1 fully saturated rings. The summed E-state index contributed by atoms with van der Waals surface area (Å²) in [6.45, 7) is 7.12. The molecule has 184 valence electrons. The van der Waals surface area contributed by atoms with Gasteiger partial charge in [-0.3, -0.25) is 4.79 Å². The molecule has 0 atom stereocenters. The molecular weight excluding hydrogens is 456 g/mol. The fraction of sp³-hybridized carbons (Fsp3) is 0.522. The molecule has 0 unspecified atom stereocenters. The van der Waals surface area contributed by atoms with Crippen LogP contribution in [0.2, 0.25) is 0 Å². The van der Waals surface area contributed by atoms with Crippen molar-refractivity contribution in [2.45, 2.75) is 57.5 Å². The Morgan fingerprint density at radius 3 is 2.62 bits per heavy atom. The van der Waals surface area contributed by atoms with Crippen molar-refractivity contribution in [3.05, 3.63) is 36.3 Å². The zero-order valence-corrected chi connectivity index (χ0v) is 20.6. The van der Waals surface area contributed by atoms with Crippen molar-refractivity contribution in [1.29, 1.82) is 0 Å². The smallest absolute Gasteiger partial charge is 0.243 e. The maximum absolute atomic E-state index is 13.1. The van der Waals surface area contributed by atoms with E-state index in [0.29, 0.717) is 44.1 Å². The molecule has 34 heavy (non-hydrogen) atoms. The number of aromatic nitrogens is 4. The largest absolute Gasteiger partial charge is 0.379 e. The minimum atomic E-state index is -3.60. The molecule has 0 spiro atoms. The highest BCUT2D eigenvalue weighted by Crippen LogP contribution is 2.24. The molecule has 10 nitrogen and oxygen atoms in total. The molecule has 3 heterocycles. The first kappa shape index (κ1) is 24.4. The van der Waals surface area contributed by atoms with Crippen molar-refractivity contribution in [3.8, 4) is 0 Å². The van der Waals surface area contributed by atoms with Crippen molar-refractivity contribution in [3.63, 3.8) is 0 Å². The first-order valence-corrected chi connectivity index (χ1v) is 13.3. The van der Waals surface area contributed by atoms with Crippen molar-refractivity contribution in [2.75, 3.05) is 31.6 Å². The van der Waals surface area contributed by atoms with Gasteiger partial charge in [0.2, 0.25) is 15.9 Å². The van der Waals surface area contributed by atoms with E-state index < -0.39 is 10.0 Å².